The highest BCUT2D eigenvalue weighted by molar-refractivity contribution is 7.18. The fraction of sp³-hybridized carbons (Fsp3) is 0.500. The van der Waals surface area contributed by atoms with Crippen molar-refractivity contribution >= 4 is 40.5 Å². The number of carbonyl (C=O) groups is 3. The summed E-state index contributed by atoms with van der Waals surface area (Å²) in [6.07, 6.45) is 3.51. The van der Waals surface area contributed by atoms with Gasteiger partial charge >= 0.3 is 0 Å². The van der Waals surface area contributed by atoms with E-state index in [1.54, 1.807) is 12.1 Å². The number of hydrogen-bond acceptors (Lipinski definition) is 4. The van der Waals surface area contributed by atoms with E-state index in [1.165, 1.54) is 11.3 Å². The van der Waals surface area contributed by atoms with Crippen LogP contribution in [-0.2, 0) is 9.59 Å². The van der Waals surface area contributed by atoms with Gasteiger partial charge in [0.25, 0.3) is 0 Å². The molecule has 6 heteroatoms. The molecule has 106 valence electrons. The van der Waals surface area contributed by atoms with Crippen molar-refractivity contribution in [3.8, 4) is 0 Å². The van der Waals surface area contributed by atoms with Gasteiger partial charge in [0, 0.05) is 0 Å². The first-order valence-corrected chi connectivity index (χ1v) is 7.91. The van der Waals surface area contributed by atoms with Gasteiger partial charge in [-0.3, -0.25) is 19.3 Å². The molecule has 1 aromatic rings. The van der Waals surface area contributed by atoms with E-state index < -0.39 is 0 Å². The average molecular weight is 312 g/mol. The van der Waals surface area contributed by atoms with Crippen molar-refractivity contribution in [1.29, 1.82) is 0 Å². The first-order valence-electron chi connectivity index (χ1n) is 6.71. The maximum atomic E-state index is 12.3. The third-order valence-corrected chi connectivity index (χ3v) is 5.35. The summed E-state index contributed by atoms with van der Waals surface area (Å²) in [6, 6.07) is 3.28. The van der Waals surface area contributed by atoms with Gasteiger partial charge in [0.1, 0.15) is 0 Å². The number of ketones is 1. The molecule has 2 atom stereocenters. The molecule has 0 bridgehead atoms. The van der Waals surface area contributed by atoms with Crippen LogP contribution in [0.4, 0.5) is 0 Å². The highest BCUT2D eigenvalue weighted by Crippen LogP contribution is 2.38. The Morgan fingerprint density at radius 1 is 1.20 bits per heavy atom. The highest BCUT2D eigenvalue weighted by Gasteiger charge is 2.48. The Morgan fingerprint density at radius 3 is 2.30 bits per heavy atom. The molecule has 3 rings (SSSR count). The minimum Gasteiger partial charge on any atom is -0.291 e. The van der Waals surface area contributed by atoms with Crippen molar-refractivity contribution in [2.24, 2.45) is 11.8 Å². The summed E-state index contributed by atoms with van der Waals surface area (Å²) in [5.41, 5.74) is 0. The number of likely N-dealkylation sites (tertiary alicyclic amines) is 1. The highest BCUT2D eigenvalue weighted by atomic mass is 35.5. The Kier molecular flexibility index (Phi) is 3.65. The first kappa shape index (κ1) is 13.8. The lowest BCUT2D eigenvalue weighted by Crippen LogP contribution is -2.35. The smallest absolute Gasteiger partial charge is 0.233 e. The maximum Gasteiger partial charge on any atom is 0.233 e. The van der Waals surface area contributed by atoms with Gasteiger partial charge in [-0.05, 0) is 25.0 Å². The number of fused-ring (bicyclic) bond motifs is 1. The molecule has 0 spiro atoms. The van der Waals surface area contributed by atoms with Crippen LogP contribution < -0.4 is 0 Å². The Bertz CT molecular complexity index is 559. The first-order chi connectivity index (χ1) is 9.58. The summed E-state index contributed by atoms with van der Waals surface area (Å²) < 4.78 is 0.529. The molecule has 0 unspecified atom stereocenters. The molecule has 20 heavy (non-hydrogen) atoms. The number of hydrogen-bond donors (Lipinski definition) is 0. The monoisotopic (exact) mass is 311 g/mol. The SMILES string of the molecule is O=C(CN1C(=O)[C@H]2CCCC[C@@H]2C1=O)c1ccc(Cl)s1. The number of rotatable bonds is 3. The molecule has 2 heterocycles. The van der Waals surface area contributed by atoms with Crippen LogP contribution in [0.3, 0.4) is 0 Å². The number of thiophene rings is 1. The molecule has 0 N–H and O–H groups in total. The Hall–Kier alpha value is -1.20. The van der Waals surface area contributed by atoms with Crippen LogP contribution in [0, 0.1) is 11.8 Å². The van der Waals surface area contributed by atoms with Crippen LogP contribution in [0.1, 0.15) is 35.4 Å². The standard InChI is InChI=1S/C14H14ClNO3S/c15-12-6-5-11(20-12)10(17)7-16-13(18)8-3-1-2-4-9(8)14(16)19/h5-6,8-9H,1-4,7H2/t8-,9-/m0/s1. The molecule has 0 aromatic carbocycles. The maximum absolute atomic E-state index is 12.3. The fourth-order valence-electron chi connectivity index (χ4n) is 3.07. The van der Waals surface area contributed by atoms with Crippen LogP contribution in [0.5, 0.6) is 0 Å². The van der Waals surface area contributed by atoms with Gasteiger partial charge in [-0.2, -0.15) is 0 Å². The average Bonchev–Trinajstić information content (AvgIpc) is 2.98. The molecule has 1 saturated heterocycles. The number of carbonyl (C=O) groups excluding carboxylic acids is 3. The zero-order valence-electron chi connectivity index (χ0n) is 10.8. The van der Waals surface area contributed by atoms with Crippen molar-refractivity contribution in [3.63, 3.8) is 0 Å². The van der Waals surface area contributed by atoms with Gasteiger partial charge < -0.3 is 0 Å². The molecule has 2 aliphatic rings. The lowest BCUT2D eigenvalue weighted by Gasteiger charge is -2.19. The van der Waals surface area contributed by atoms with E-state index in [4.69, 9.17) is 11.6 Å². The van der Waals surface area contributed by atoms with Crippen molar-refractivity contribution in [2.45, 2.75) is 25.7 Å². The van der Waals surface area contributed by atoms with Crippen LogP contribution in [0.2, 0.25) is 4.34 Å². The molecule has 0 radical (unpaired) electrons. The van der Waals surface area contributed by atoms with E-state index in [1.807, 2.05) is 0 Å². The second-order valence-corrected chi connectivity index (χ2v) is 7.00. The van der Waals surface area contributed by atoms with E-state index in [0.717, 1.165) is 30.6 Å². The summed E-state index contributed by atoms with van der Waals surface area (Å²) in [5, 5.41) is 0. The molecule has 2 fully saturated rings. The largest absolute Gasteiger partial charge is 0.291 e. The van der Waals surface area contributed by atoms with Gasteiger partial charge in [0.15, 0.2) is 5.78 Å². The van der Waals surface area contributed by atoms with Gasteiger partial charge in [-0.15, -0.1) is 11.3 Å². The van der Waals surface area contributed by atoms with Gasteiger partial charge in [-0.1, -0.05) is 24.4 Å². The molecule has 1 aliphatic carbocycles. The Labute approximate surface area is 125 Å². The van der Waals surface area contributed by atoms with Crippen LogP contribution in [0.25, 0.3) is 0 Å². The topological polar surface area (TPSA) is 54.5 Å². The summed E-state index contributed by atoms with van der Waals surface area (Å²) in [4.78, 5) is 38.3. The predicted octanol–water partition coefficient (Wildman–Crippen LogP) is 2.76. The minimum absolute atomic E-state index is 0.151. The van der Waals surface area contributed by atoms with Crippen LogP contribution >= 0.6 is 22.9 Å². The van der Waals surface area contributed by atoms with Crippen LogP contribution in [-0.4, -0.2) is 29.0 Å². The number of imide groups is 1. The van der Waals surface area contributed by atoms with E-state index in [9.17, 15) is 14.4 Å². The number of nitrogens with zero attached hydrogens (tertiary/aromatic N) is 1. The van der Waals surface area contributed by atoms with Gasteiger partial charge in [0.2, 0.25) is 11.8 Å². The van der Waals surface area contributed by atoms with Gasteiger partial charge in [-0.25, -0.2) is 0 Å². The van der Waals surface area contributed by atoms with E-state index >= 15 is 0 Å². The predicted molar refractivity (Wildman–Crippen MR) is 75.8 cm³/mol. The van der Waals surface area contributed by atoms with E-state index in [2.05, 4.69) is 0 Å². The quantitative estimate of drug-likeness (QED) is 0.637. The lowest BCUT2D eigenvalue weighted by molar-refractivity contribution is -0.139. The summed E-state index contributed by atoms with van der Waals surface area (Å²) in [6.45, 7) is -0.151. The van der Waals surface area contributed by atoms with Crippen molar-refractivity contribution in [2.75, 3.05) is 6.54 Å². The molecule has 2 amide bonds. The zero-order valence-corrected chi connectivity index (χ0v) is 12.4. The Morgan fingerprint density at radius 2 is 1.80 bits per heavy atom. The summed E-state index contributed by atoms with van der Waals surface area (Å²) in [5.74, 6) is -0.958. The second kappa shape index (κ2) is 5.30. The number of amides is 2. The molecular weight excluding hydrogens is 298 g/mol. The third kappa shape index (κ3) is 2.29. The van der Waals surface area contributed by atoms with E-state index in [0.29, 0.717) is 9.21 Å². The molecule has 1 aromatic heterocycles. The molecular formula is C14H14ClNO3S. The Balaban J connectivity index is 1.75. The third-order valence-electron chi connectivity index (χ3n) is 4.08. The van der Waals surface area contributed by atoms with Crippen molar-refractivity contribution < 1.29 is 14.4 Å². The summed E-state index contributed by atoms with van der Waals surface area (Å²) in [7, 11) is 0. The molecule has 1 saturated carbocycles. The second-order valence-electron chi connectivity index (χ2n) is 5.29. The van der Waals surface area contributed by atoms with E-state index in [-0.39, 0.29) is 36.0 Å². The normalized spacial score (nSPS) is 25.9. The lowest BCUT2D eigenvalue weighted by atomic mass is 9.81. The molecule has 1 aliphatic heterocycles. The molecule has 4 nitrogen and oxygen atoms in total. The fourth-order valence-corrected chi connectivity index (χ4v) is 4.05. The van der Waals surface area contributed by atoms with Gasteiger partial charge in [0.05, 0.1) is 27.6 Å². The summed E-state index contributed by atoms with van der Waals surface area (Å²) >= 11 is 6.97. The minimum atomic E-state index is -0.220. The van der Waals surface area contributed by atoms with Crippen molar-refractivity contribution in [1.82, 2.24) is 4.90 Å². The number of halogens is 1. The number of Topliss-reactive ketones (excluding diaryl/α,β-unsaturated/α-hetero) is 1. The van der Waals surface area contributed by atoms with Crippen molar-refractivity contribution in [3.05, 3.63) is 21.3 Å². The van der Waals surface area contributed by atoms with Crippen LogP contribution in [0.15, 0.2) is 12.1 Å². The zero-order chi connectivity index (χ0) is 14.3.